The first-order chi connectivity index (χ1) is 5.60. The smallest absolute Gasteiger partial charge is 0.136 e. The number of carbonyl (C=O) groups is 1. The molecule has 0 aromatic heterocycles. The second-order valence-electron chi connectivity index (χ2n) is 4.08. The molecule has 0 radical (unpaired) electrons. The van der Waals surface area contributed by atoms with Crippen LogP contribution in [0.2, 0.25) is 0 Å². The number of hydrogen-bond acceptors (Lipinski definition) is 2. The first-order valence-electron chi connectivity index (χ1n) is 4.62. The predicted molar refractivity (Wildman–Crippen MR) is 48.0 cm³/mol. The zero-order valence-electron chi connectivity index (χ0n) is 8.22. The van der Waals surface area contributed by atoms with E-state index in [0.29, 0.717) is 5.78 Å². The van der Waals surface area contributed by atoms with Crippen LogP contribution in [0.15, 0.2) is 0 Å². The molecule has 0 bridgehead atoms. The fourth-order valence-corrected chi connectivity index (χ4v) is 1.91. The molecule has 0 amide bonds. The summed E-state index contributed by atoms with van der Waals surface area (Å²) in [6, 6.07) is 0. The Kier molecular flexibility index (Phi) is 2.89. The molecule has 0 aromatic rings. The highest BCUT2D eigenvalue weighted by Crippen LogP contribution is 2.43. The Morgan fingerprint density at radius 1 is 1.67 bits per heavy atom. The van der Waals surface area contributed by atoms with E-state index in [1.54, 1.807) is 7.11 Å². The third kappa shape index (κ3) is 1.69. The molecule has 2 nitrogen and oxygen atoms in total. The van der Waals surface area contributed by atoms with Crippen LogP contribution < -0.4 is 0 Å². The largest absolute Gasteiger partial charge is 0.385 e. The minimum atomic E-state index is 0.201. The summed E-state index contributed by atoms with van der Waals surface area (Å²) in [4.78, 5) is 11.3. The Hall–Kier alpha value is -0.370. The minimum Gasteiger partial charge on any atom is -0.385 e. The van der Waals surface area contributed by atoms with Crippen LogP contribution in [-0.4, -0.2) is 19.5 Å². The van der Waals surface area contributed by atoms with Gasteiger partial charge in [0, 0.05) is 26.1 Å². The lowest BCUT2D eigenvalue weighted by molar-refractivity contribution is -0.121. The van der Waals surface area contributed by atoms with Gasteiger partial charge < -0.3 is 4.74 Å². The number of rotatable bonds is 3. The van der Waals surface area contributed by atoms with Gasteiger partial charge in [0.25, 0.3) is 0 Å². The molecule has 1 fully saturated rings. The maximum atomic E-state index is 11.3. The van der Waals surface area contributed by atoms with Gasteiger partial charge in [-0.05, 0) is 18.3 Å². The van der Waals surface area contributed by atoms with E-state index in [-0.39, 0.29) is 11.3 Å². The van der Waals surface area contributed by atoms with Crippen LogP contribution in [0.3, 0.4) is 0 Å². The Labute approximate surface area is 74.3 Å². The molecule has 70 valence electrons. The van der Waals surface area contributed by atoms with Crippen molar-refractivity contribution in [2.24, 2.45) is 11.3 Å². The van der Waals surface area contributed by atoms with E-state index in [9.17, 15) is 4.79 Å². The number of Topliss-reactive ketones (excluding diaryl/α,β-unsaturated/α-hetero) is 1. The summed E-state index contributed by atoms with van der Waals surface area (Å²) in [5.41, 5.74) is 0.201. The number of methoxy groups -OCH3 is 1. The monoisotopic (exact) mass is 170 g/mol. The third-order valence-electron chi connectivity index (χ3n) is 3.35. The fraction of sp³-hybridized carbons (Fsp3) is 0.900. The molecular weight excluding hydrogens is 152 g/mol. The minimum absolute atomic E-state index is 0.201. The van der Waals surface area contributed by atoms with Gasteiger partial charge in [0.2, 0.25) is 0 Å². The standard InChI is InChI=1S/C10H18O2/c1-8-9(11)4-5-10(8,2)6-7-12-3/h8H,4-7H2,1-3H3/t8-,10-/m0/s1. The molecule has 1 rings (SSSR count). The summed E-state index contributed by atoms with van der Waals surface area (Å²) in [6.45, 7) is 5.01. The average Bonchev–Trinajstić information content (AvgIpc) is 2.31. The van der Waals surface area contributed by atoms with Crippen molar-refractivity contribution in [1.29, 1.82) is 0 Å². The van der Waals surface area contributed by atoms with E-state index in [1.165, 1.54) is 0 Å². The maximum Gasteiger partial charge on any atom is 0.136 e. The van der Waals surface area contributed by atoms with Gasteiger partial charge in [-0.25, -0.2) is 0 Å². The van der Waals surface area contributed by atoms with Crippen molar-refractivity contribution in [1.82, 2.24) is 0 Å². The Balaban J connectivity index is 2.53. The highest BCUT2D eigenvalue weighted by Gasteiger charge is 2.40. The quantitative estimate of drug-likeness (QED) is 0.647. The molecule has 1 saturated carbocycles. The predicted octanol–water partition coefficient (Wildman–Crippen LogP) is 2.03. The molecule has 0 spiro atoms. The van der Waals surface area contributed by atoms with E-state index < -0.39 is 0 Å². The topological polar surface area (TPSA) is 26.3 Å². The summed E-state index contributed by atoms with van der Waals surface area (Å²) in [5.74, 6) is 0.654. The Morgan fingerprint density at radius 2 is 2.33 bits per heavy atom. The number of hydrogen-bond donors (Lipinski definition) is 0. The summed E-state index contributed by atoms with van der Waals surface area (Å²) < 4.78 is 5.04. The van der Waals surface area contributed by atoms with Gasteiger partial charge >= 0.3 is 0 Å². The lowest BCUT2D eigenvalue weighted by Crippen LogP contribution is -2.24. The van der Waals surface area contributed by atoms with Gasteiger partial charge in [-0.15, -0.1) is 0 Å². The summed E-state index contributed by atoms with van der Waals surface area (Å²) in [7, 11) is 1.71. The molecule has 0 N–H and O–H groups in total. The molecule has 1 aliphatic carbocycles. The van der Waals surface area contributed by atoms with Crippen LogP contribution in [-0.2, 0) is 9.53 Å². The van der Waals surface area contributed by atoms with Gasteiger partial charge in [-0.2, -0.15) is 0 Å². The van der Waals surface area contributed by atoms with Gasteiger partial charge in [0.15, 0.2) is 0 Å². The van der Waals surface area contributed by atoms with Crippen LogP contribution in [0.1, 0.15) is 33.1 Å². The highest BCUT2D eigenvalue weighted by atomic mass is 16.5. The van der Waals surface area contributed by atoms with Crippen LogP contribution in [0.25, 0.3) is 0 Å². The van der Waals surface area contributed by atoms with Crippen molar-refractivity contribution in [3.63, 3.8) is 0 Å². The second kappa shape index (κ2) is 3.56. The van der Waals surface area contributed by atoms with E-state index in [0.717, 1.165) is 25.9 Å². The van der Waals surface area contributed by atoms with Crippen molar-refractivity contribution >= 4 is 5.78 Å². The molecule has 0 unspecified atom stereocenters. The zero-order valence-corrected chi connectivity index (χ0v) is 8.22. The van der Waals surface area contributed by atoms with Crippen molar-refractivity contribution < 1.29 is 9.53 Å². The highest BCUT2D eigenvalue weighted by molar-refractivity contribution is 5.83. The summed E-state index contributed by atoms with van der Waals surface area (Å²) in [5, 5.41) is 0. The van der Waals surface area contributed by atoms with Crippen LogP contribution in [0.5, 0.6) is 0 Å². The Bertz CT molecular complexity index is 177. The average molecular weight is 170 g/mol. The van der Waals surface area contributed by atoms with E-state index in [4.69, 9.17) is 4.74 Å². The zero-order chi connectivity index (χ0) is 9.19. The van der Waals surface area contributed by atoms with Gasteiger partial charge in [-0.3, -0.25) is 4.79 Å². The van der Waals surface area contributed by atoms with Crippen LogP contribution >= 0.6 is 0 Å². The fourth-order valence-electron chi connectivity index (χ4n) is 1.91. The number of ether oxygens (including phenoxy) is 1. The van der Waals surface area contributed by atoms with Crippen molar-refractivity contribution in [2.75, 3.05) is 13.7 Å². The van der Waals surface area contributed by atoms with E-state index >= 15 is 0 Å². The van der Waals surface area contributed by atoms with Crippen molar-refractivity contribution in [2.45, 2.75) is 33.1 Å². The normalized spacial score (nSPS) is 35.9. The molecule has 0 aliphatic heterocycles. The number of ketones is 1. The van der Waals surface area contributed by atoms with Crippen LogP contribution in [0, 0.1) is 11.3 Å². The van der Waals surface area contributed by atoms with Gasteiger partial charge in [0.1, 0.15) is 5.78 Å². The molecule has 2 atom stereocenters. The molecule has 1 aliphatic rings. The second-order valence-corrected chi connectivity index (χ2v) is 4.08. The molecule has 0 saturated heterocycles. The molecular formula is C10H18O2. The maximum absolute atomic E-state index is 11.3. The summed E-state index contributed by atoms with van der Waals surface area (Å²) in [6.07, 6.45) is 2.81. The van der Waals surface area contributed by atoms with E-state index in [2.05, 4.69) is 6.92 Å². The molecule has 2 heteroatoms. The number of carbonyl (C=O) groups excluding carboxylic acids is 1. The first kappa shape index (κ1) is 9.72. The third-order valence-corrected chi connectivity index (χ3v) is 3.35. The van der Waals surface area contributed by atoms with Crippen LogP contribution in [0.4, 0.5) is 0 Å². The molecule has 0 heterocycles. The van der Waals surface area contributed by atoms with Gasteiger partial charge in [-0.1, -0.05) is 13.8 Å². The SMILES string of the molecule is COCC[C@]1(C)CCC(=O)[C@@H]1C. The van der Waals surface area contributed by atoms with Crippen molar-refractivity contribution in [3.05, 3.63) is 0 Å². The molecule has 0 aromatic carbocycles. The lowest BCUT2D eigenvalue weighted by Gasteiger charge is -2.27. The van der Waals surface area contributed by atoms with E-state index in [1.807, 2.05) is 6.92 Å². The summed E-state index contributed by atoms with van der Waals surface area (Å²) >= 11 is 0. The van der Waals surface area contributed by atoms with Gasteiger partial charge in [0.05, 0.1) is 0 Å². The van der Waals surface area contributed by atoms with Crippen molar-refractivity contribution in [3.8, 4) is 0 Å². The molecule has 12 heavy (non-hydrogen) atoms. The lowest BCUT2D eigenvalue weighted by atomic mass is 9.78. The first-order valence-corrected chi connectivity index (χ1v) is 4.62. The Morgan fingerprint density at radius 3 is 2.75 bits per heavy atom.